The minimum Gasteiger partial charge on any atom is -0.306 e. The van der Waals surface area contributed by atoms with Crippen molar-refractivity contribution in [3.8, 4) is 23.4 Å². The average molecular weight is 587 g/mol. The van der Waals surface area contributed by atoms with Crippen molar-refractivity contribution in [1.82, 2.24) is 19.9 Å². The first-order valence-corrected chi connectivity index (χ1v) is 12.0. The predicted octanol–water partition coefficient (Wildman–Crippen LogP) is 5.53. The van der Waals surface area contributed by atoms with E-state index < -0.39 is 52.1 Å². The van der Waals surface area contributed by atoms with Gasteiger partial charge in [-0.25, -0.2) is 14.4 Å². The fraction of sp³-hybridized carbons (Fsp3) is 0.259. The van der Waals surface area contributed by atoms with E-state index in [-0.39, 0.29) is 30.0 Å². The minimum absolute atomic E-state index is 0.0834. The summed E-state index contributed by atoms with van der Waals surface area (Å²) in [5.41, 5.74) is -5.09. The highest BCUT2D eigenvalue weighted by Gasteiger charge is 2.51. The molecule has 42 heavy (non-hydrogen) atoms. The molecule has 0 atom stereocenters. The lowest BCUT2D eigenvalue weighted by atomic mass is 10.0. The van der Waals surface area contributed by atoms with Crippen molar-refractivity contribution in [1.29, 1.82) is 10.5 Å². The quantitative estimate of drug-likeness (QED) is 0.213. The number of nitriles is 2. The van der Waals surface area contributed by atoms with Crippen LogP contribution in [0.15, 0.2) is 54.7 Å². The standard InChI is InChI=1S/C27H19F6N7O2/c1-25(2)23(41)40(19-8-7-18(14-35)21(12-19)27(31,32)33)24(42)39(25)10-4-3-9-38-15-22(36-37-38)16-5-6-17(13-34)20(11-16)26(28,29)30/h3-8,11-12,15H,9-10H2,1-2H3/b4-3-. The summed E-state index contributed by atoms with van der Waals surface area (Å²) in [5, 5.41) is 25.7. The van der Waals surface area contributed by atoms with Crippen molar-refractivity contribution in [2.24, 2.45) is 0 Å². The van der Waals surface area contributed by atoms with Gasteiger partial charge in [0.1, 0.15) is 11.2 Å². The highest BCUT2D eigenvalue weighted by atomic mass is 19.4. The highest BCUT2D eigenvalue weighted by molar-refractivity contribution is 6.23. The van der Waals surface area contributed by atoms with Crippen LogP contribution in [0.25, 0.3) is 11.3 Å². The van der Waals surface area contributed by atoms with Crippen LogP contribution in [0.4, 0.5) is 36.8 Å². The Labute approximate surface area is 234 Å². The Morgan fingerprint density at radius 2 is 1.45 bits per heavy atom. The van der Waals surface area contributed by atoms with Crippen molar-refractivity contribution in [2.75, 3.05) is 11.4 Å². The Kier molecular flexibility index (Phi) is 7.56. The number of amides is 3. The number of nitrogens with zero attached hydrogens (tertiary/aromatic N) is 7. The van der Waals surface area contributed by atoms with E-state index in [0.717, 1.165) is 29.2 Å². The first-order chi connectivity index (χ1) is 19.6. The van der Waals surface area contributed by atoms with Gasteiger partial charge in [0, 0.05) is 12.1 Å². The molecule has 0 bridgehead atoms. The van der Waals surface area contributed by atoms with Crippen molar-refractivity contribution in [3.63, 3.8) is 0 Å². The first-order valence-electron chi connectivity index (χ1n) is 12.0. The molecule has 4 rings (SSSR count). The monoisotopic (exact) mass is 587 g/mol. The van der Waals surface area contributed by atoms with E-state index in [2.05, 4.69) is 10.3 Å². The van der Waals surface area contributed by atoms with Crippen molar-refractivity contribution in [2.45, 2.75) is 38.3 Å². The van der Waals surface area contributed by atoms with Crippen LogP contribution >= 0.6 is 0 Å². The maximum atomic E-state index is 13.4. The molecule has 1 aromatic heterocycles. The largest absolute Gasteiger partial charge is 0.417 e. The van der Waals surface area contributed by atoms with Gasteiger partial charge in [0.2, 0.25) is 0 Å². The lowest BCUT2D eigenvalue weighted by Gasteiger charge is -2.26. The van der Waals surface area contributed by atoms with Gasteiger partial charge in [0.05, 0.1) is 52.8 Å². The summed E-state index contributed by atoms with van der Waals surface area (Å²) in [6, 6.07) is 7.80. The van der Waals surface area contributed by atoms with Gasteiger partial charge in [-0.15, -0.1) is 5.10 Å². The van der Waals surface area contributed by atoms with Gasteiger partial charge < -0.3 is 4.90 Å². The number of rotatable bonds is 6. The summed E-state index contributed by atoms with van der Waals surface area (Å²) in [6.45, 7) is 2.85. The van der Waals surface area contributed by atoms with Gasteiger partial charge in [-0.1, -0.05) is 23.4 Å². The fourth-order valence-electron chi connectivity index (χ4n) is 4.29. The molecule has 1 saturated heterocycles. The van der Waals surface area contributed by atoms with E-state index >= 15 is 0 Å². The number of carbonyl (C=O) groups excluding carboxylic acids is 2. The molecule has 1 aliphatic heterocycles. The number of benzene rings is 2. The Balaban J connectivity index is 1.49. The van der Waals surface area contributed by atoms with Crippen molar-refractivity contribution in [3.05, 3.63) is 77.0 Å². The Hall–Kier alpha value is -5.18. The lowest BCUT2D eigenvalue weighted by Crippen LogP contribution is -2.44. The Morgan fingerprint density at radius 1 is 0.881 bits per heavy atom. The molecule has 2 heterocycles. The molecule has 1 fully saturated rings. The number of hydrogen-bond donors (Lipinski definition) is 0. The number of hydrogen-bond acceptors (Lipinski definition) is 6. The van der Waals surface area contributed by atoms with Gasteiger partial charge in [-0.2, -0.15) is 36.9 Å². The molecule has 0 aliphatic carbocycles. The highest BCUT2D eigenvalue weighted by Crippen LogP contribution is 2.38. The molecule has 15 heteroatoms. The molecular formula is C27H19F6N7O2. The summed E-state index contributed by atoms with van der Waals surface area (Å²) in [7, 11) is 0. The van der Waals surface area contributed by atoms with E-state index in [1.54, 1.807) is 6.08 Å². The van der Waals surface area contributed by atoms with Crippen LogP contribution in [0.3, 0.4) is 0 Å². The van der Waals surface area contributed by atoms with Gasteiger partial charge in [-0.3, -0.25) is 4.79 Å². The number of aromatic nitrogens is 3. The summed E-state index contributed by atoms with van der Waals surface area (Å²) in [6.07, 6.45) is -5.17. The summed E-state index contributed by atoms with van der Waals surface area (Å²) >= 11 is 0. The fourth-order valence-corrected chi connectivity index (χ4v) is 4.29. The maximum absolute atomic E-state index is 13.4. The Morgan fingerprint density at radius 3 is 2.05 bits per heavy atom. The van der Waals surface area contributed by atoms with Crippen molar-refractivity contribution < 1.29 is 35.9 Å². The number of imide groups is 1. The summed E-state index contributed by atoms with van der Waals surface area (Å²) in [4.78, 5) is 28.0. The van der Waals surface area contributed by atoms with E-state index in [9.17, 15) is 35.9 Å². The van der Waals surface area contributed by atoms with Gasteiger partial charge in [0.25, 0.3) is 5.91 Å². The number of carbonyl (C=O) groups is 2. The maximum Gasteiger partial charge on any atom is 0.417 e. The van der Waals surface area contributed by atoms with E-state index in [0.29, 0.717) is 11.0 Å². The topological polar surface area (TPSA) is 119 Å². The minimum atomic E-state index is -4.88. The third-order valence-electron chi connectivity index (χ3n) is 6.54. The third-order valence-corrected chi connectivity index (χ3v) is 6.54. The van der Waals surface area contributed by atoms with Crippen molar-refractivity contribution >= 4 is 17.6 Å². The van der Waals surface area contributed by atoms with Gasteiger partial charge >= 0.3 is 18.4 Å². The molecular weight excluding hydrogens is 568 g/mol. The molecule has 0 N–H and O–H groups in total. The number of halogens is 6. The first kappa shape index (κ1) is 29.8. The Bertz CT molecular complexity index is 1680. The van der Waals surface area contributed by atoms with E-state index in [1.807, 2.05) is 0 Å². The van der Waals surface area contributed by atoms with Crippen LogP contribution in [0.5, 0.6) is 0 Å². The summed E-state index contributed by atoms with van der Waals surface area (Å²) in [5.74, 6) is -0.764. The van der Waals surface area contributed by atoms with Gasteiger partial charge in [0.15, 0.2) is 0 Å². The average Bonchev–Trinajstić information content (AvgIpc) is 3.46. The lowest BCUT2D eigenvalue weighted by molar-refractivity contribution is -0.138. The molecule has 216 valence electrons. The van der Waals surface area contributed by atoms with Crippen LogP contribution in [0.1, 0.15) is 36.1 Å². The van der Waals surface area contributed by atoms with Crippen LogP contribution < -0.4 is 4.90 Å². The normalized spacial score (nSPS) is 15.4. The predicted molar refractivity (Wildman–Crippen MR) is 134 cm³/mol. The second-order valence-electron chi connectivity index (χ2n) is 9.60. The van der Waals surface area contributed by atoms with Crippen LogP contribution in [0.2, 0.25) is 0 Å². The molecule has 0 saturated carbocycles. The summed E-state index contributed by atoms with van der Waals surface area (Å²) < 4.78 is 81.5. The van der Waals surface area contributed by atoms with Crippen LogP contribution in [-0.4, -0.2) is 43.9 Å². The second kappa shape index (κ2) is 10.7. The SMILES string of the molecule is CC1(C)C(=O)N(c2ccc(C#N)c(C(F)(F)F)c2)C(=O)N1C/C=C\Cn1cc(-c2ccc(C#N)c(C(F)(F)F)c2)nn1. The zero-order valence-corrected chi connectivity index (χ0v) is 21.8. The number of allylic oxidation sites excluding steroid dienone is 1. The van der Waals surface area contributed by atoms with Crippen LogP contribution in [-0.2, 0) is 23.7 Å². The molecule has 3 aromatic rings. The zero-order chi connectivity index (χ0) is 31.0. The molecule has 2 aromatic carbocycles. The molecule has 0 unspecified atom stereocenters. The van der Waals surface area contributed by atoms with Crippen LogP contribution in [0, 0.1) is 22.7 Å². The van der Waals surface area contributed by atoms with E-state index in [1.165, 1.54) is 49.0 Å². The molecule has 3 amide bonds. The molecule has 9 nitrogen and oxygen atoms in total. The molecule has 1 aliphatic rings. The number of alkyl halides is 6. The molecule has 0 spiro atoms. The molecule has 0 radical (unpaired) electrons. The zero-order valence-electron chi connectivity index (χ0n) is 21.8. The number of anilines is 1. The number of urea groups is 1. The second-order valence-corrected chi connectivity index (χ2v) is 9.60. The third kappa shape index (κ3) is 5.54. The smallest absolute Gasteiger partial charge is 0.306 e. The van der Waals surface area contributed by atoms with Gasteiger partial charge in [-0.05, 0) is 44.2 Å². The van der Waals surface area contributed by atoms with E-state index in [4.69, 9.17) is 10.5 Å².